The van der Waals surface area contributed by atoms with Crippen LogP contribution >= 0.6 is 0 Å². The van der Waals surface area contributed by atoms with Gasteiger partial charge < -0.3 is 20.5 Å². The second-order valence-electron chi connectivity index (χ2n) is 4.30. The molecule has 6 heteroatoms. The number of ether oxygens (including phenoxy) is 2. The Kier molecular flexibility index (Phi) is 4.27. The molecule has 5 nitrogen and oxygen atoms in total. The molecule has 0 heterocycles. The first-order chi connectivity index (χ1) is 10.0. The van der Waals surface area contributed by atoms with Crippen molar-refractivity contribution in [2.24, 2.45) is 0 Å². The lowest BCUT2D eigenvalue weighted by Crippen LogP contribution is -2.12. The molecule has 0 aliphatic rings. The number of hydrogen-bond acceptors (Lipinski definition) is 4. The number of halogens is 1. The minimum absolute atomic E-state index is 0.141. The summed E-state index contributed by atoms with van der Waals surface area (Å²) >= 11 is 0. The fourth-order valence-corrected chi connectivity index (χ4v) is 1.86. The number of nitrogens with one attached hydrogen (secondary N) is 1. The normalized spacial score (nSPS) is 10.0. The van der Waals surface area contributed by atoms with E-state index in [9.17, 15) is 9.18 Å². The summed E-state index contributed by atoms with van der Waals surface area (Å²) in [5.74, 6) is 0.000404. The number of hydrogen-bond donors (Lipinski definition) is 2. The zero-order chi connectivity index (χ0) is 15.4. The van der Waals surface area contributed by atoms with E-state index in [1.165, 1.54) is 20.3 Å². The molecule has 0 radical (unpaired) electrons. The summed E-state index contributed by atoms with van der Waals surface area (Å²) in [6, 6.07) is 8.59. The Morgan fingerprint density at radius 3 is 2.43 bits per heavy atom. The molecule has 0 fully saturated rings. The van der Waals surface area contributed by atoms with E-state index in [0.717, 1.165) is 12.1 Å². The summed E-state index contributed by atoms with van der Waals surface area (Å²) in [4.78, 5) is 12.1. The molecule has 1 amide bonds. The van der Waals surface area contributed by atoms with E-state index in [1.807, 2.05) is 0 Å². The summed E-state index contributed by atoms with van der Waals surface area (Å²) in [6.07, 6.45) is 0. The van der Waals surface area contributed by atoms with E-state index in [1.54, 1.807) is 18.2 Å². The van der Waals surface area contributed by atoms with Crippen molar-refractivity contribution < 1.29 is 18.7 Å². The third-order valence-electron chi connectivity index (χ3n) is 2.82. The maximum Gasteiger partial charge on any atom is 0.255 e. The SMILES string of the molecule is COc1ccc(NC(=O)c2cc(N)cc(F)c2)cc1OC. The molecule has 0 spiro atoms. The summed E-state index contributed by atoms with van der Waals surface area (Å²) < 4.78 is 23.5. The van der Waals surface area contributed by atoms with Gasteiger partial charge in [0.05, 0.1) is 14.2 Å². The van der Waals surface area contributed by atoms with Gasteiger partial charge in [-0.1, -0.05) is 0 Å². The zero-order valence-corrected chi connectivity index (χ0v) is 11.6. The van der Waals surface area contributed by atoms with Crippen LogP contribution in [0.15, 0.2) is 36.4 Å². The summed E-state index contributed by atoms with van der Waals surface area (Å²) in [5.41, 5.74) is 6.35. The van der Waals surface area contributed by atoms with Crippen LogP contribution in [0.4, 0.5) is 15.8 Å². The van der Waals surface area contributed by atoms with E-state index in [4.69, 9.17) is 15.2 Å². The Hall–Kier alpha value is -2.76. The number of carbonyl (C=O) groups is 1. The fraction of sp³-hybridized carbons (Fsp3) is 0.133. The van der Waals surface area contributed by atoms with Gasteiger partial charge >= 0.3 is 0 Å². The molecule has 0 saturated carbocycles. The van der Waals surface area contributed by atoms with Gasteiger partial charge in [0.15, 0.2) is 11.5 Å². The van der Waals surface area contributed by atoms with Crippen molar-refractivity contribution in [3.63, 3.8) is 0 Å². The van der Waals surface area contributed by atoms with Crippen molar-refractivity contribution >= 4 is 17.3 Å². The van der Waals surface area contributed by atoms with Crippen LogP contribution in [0, 0.1) is 5.82 Å². The number of methoxy groups -OCH3 is 2. The highest BCUT2D eigenvalue weighted by Crippen LogP contribution is 2.30. The van der Waals surface area contributed by atoms with Gasteiger partial charge in [-0.05, 0) is 30.3 Å². The van der Waals surface area contributed by atoms with Gasteiger partial charge in [-0.25, -0.2) is 4.39 Å². The molecule has 0 unspecified atom stereocenters. The minimum Gasteiger partial charge on any atom is -0.493 e. The van der Waals surface area contributed by atoms with E-state index in [0.29, 0.717) is 17.2 Å². The van der Waals surface area contributed by atoms with E-state index in [-0.39, 0.29) is 11.3 Å². The lowest BCUT2D eigenvalue weighted by molar-refractivity contribution is 0.102. The highest BCUT2D eigenvalue weighted by molar-refractivity contribution is 6.04. The van der Waals surface area contributed by atoms with Gasteiger partial charge in [0.1, 0.15) is 5.82 Å². The Balaban J connectivity index is 2.23. The number of rotatable bonds is 4. The fourth-order valence-electron chi connectivity index (χ4n) is 1.86. The number of carbonyl (C=O) groups excluding carboxylic acids is 1. The Labute approximate surface area is 121 Å². The Morgan fingerprint density at radius 2 is 1.81 bits per heavy atom. The van der Waals surface area contributed by atoms with Crippen LogP contribution in [0.2, 0.25) is 0 Å². The van der Waals surface area contributed by atoms with Gasteiger partial charge in [-0.15, -0.1) is 0 Å². The number of benzene rings is 2. The van der Waals surface area contributed by atoms with Gasteiger partial charge in [-0.2, -0.15) is 0 Å². The lowest BCUT2D eigenvalue weighted by Gasteiger charge is -2.11. The summed E-state index contributed by atoms with van der Waals surface area (Å²) in [7, 11) is 3.02. The molecule has 2 rings (SSSR count). The molecule has 0 aromatic heterocycles. The molecule has 21 heavy (non-hydrogen) atoms. The first-order valence-electron chi connectivity index (χ1n) is 6.13. The molecule has 0 aliphatic heterocycles. The van der Waals surface area contributed by atoms with E-state index < -0.39 is 11.7 Å². The molecule has 110 valence electrons. The number of amides is 1. The molecule has 2 aromatic carbocycles. The predicted molar refractivity (Wildman–Crippen MR) is 78.3 cm³/mol. The number of nitrogen functional groups attached to an aromatic ring is 1. The van der Waals surface area contributed by atoms with Crippen molar-refractivity contribution in [1.29, 1.82) is 0 Å². The minimum atomic E-state index is -0.563. The third-order valence-corrected chi connectivity index (χ3v) is 2.82. The average molecular weight is 290 g/mol. The van der Waals surface area contributed by atoms with Crippen LogP contribution in [0.1, 0.15) is 10.4 Å². The third kappa shape index (κ3) is 3.42. The van der Waals surface area contributed by atoms with Crippen molar-refractivity contribution in [2.45, 2.75) is 0 Å². The topological polar surface area (TPSA) is 73.6 Å². The van der Waals surface area contributed by atoms with Crippen LogP contribution in [0.25, 0.3) is 0 Å². The van der Waals surface area contributed by atoms with Crippen molar-refractivity contribution in [1.82, 2.24) is 0 Å². The molecular weight excluding hydrogens is 275 g/mol. The zero-order valence-electron chi connectivity index (χ0n) is 11.6. The summed E-state index contributed by atoms with van der Waals surface area (Å²) in [6.45, 7) is 0. The molecule has 2 aromatic rings. The van der Waals surface area contributed by atoms with Crippen LogP contribution in [-0.4, -0.2) is 20.1 Å². The van der Waals surface area contributed by atoms with Crippen molar-refractivity contribution in [2.75, 3.05) is 25.3 Å². The van der Waals surface area contributed by atoms with Crippen molar-refractivity contribution in [3.8, 4) is 11.5 Å². The highest BCUT2D eigenvalue weighted by atomic mass is 19.1. The number of anilines is 2. The Morgan fingerprint density at radius 1 is 1.10 bits per heavy atom. The van der Waals surface area contributed by atoms with E-state index >= 15 is 0 Å². The average Bonchev–Trinajstić information content (AvgIpc) is 2.46. The largest absolute Gasteiger partial charge is 0.493 e. The lowest BCUT2D eigenvalue weighted by atomic mass is 10.1. The standard InChI is InChI=1S/C15H15FN2O3/c1-20-13-4-3-12(8-14(13)21-2)18-15(19)9-5-10(16)7-11(17)6-9/h3-8H,17H2,1-2H3,(H,18,19). The predicted octanol–water partition coefficient (Wildman–Crippen LogP) is 2.68. The summed E-state index contributed by atoms with van der Waals surface area (Å²) in [5, 5.41) is 2.64. The molecular formula is C15H15FN2O3. The molecule has 0 atom stereocenters. The number of nitrogens with two attached hydrogens (primary N) is 1. The second kappa shape index (κ2) is 6.13. The molecule has 3 N–H and O–H groups in total. The van der Waals surface area contributed by atoms with Gasteiger partial charge in [0, 0.05) is 23.0 Å². The van der Waals surface area contributed by atoms with Gasteiger partial charge in [0.2, 0.25) is 0 Å². The molecule has 0 saturated heterocycles. The van der Waals surface area contributed by atoms with Gasteiger partial charge in [0.25, 0.3) is 5.91 Å². The maximum absolute atomic E-state index is 13.2. The van der Waals surface area contributed by atoms with Crippen molar-refractivity contribution in [3.05, 3.63) is 47.8 Å². The highest BCUT2D eigenvalue weighted by Gasteiger charge is 2.10. The van der Waals surface area contributed by atoms with E-state index in [2.05, 4.69) is 5.32 Å². The van der Waals surface area contributed by atoms with Crippen LogP contribution in [0.5, 0.6) is 11.5 Å². The Bertz CT molecular complexity index is 654. The first-order valence-corrected chi connectivity index (χ1v) is 6.13. The smallest absolute Gasteiger partial charge is 0.255 e. The molecule has 0 aliphatic carbocycles. The monoisotopic (exact) mass is 290 g/mol. The first kappa shape index (κ1) is 14.6. The maximum atomic E-state index is 13.2. The van der Waals surface area contributed by atoms with Crippen LogP contribution in [0.3, 0.4) is 0 Å². The molecule has 0 bridgehead atoms. The second-order valence-corrected chi connectivity index (χ2v) is 4.30. The van der Waals surface area contributed by atoms with Crippen LogP contribution in [-0.2, 0) is 0 Å². The van der Waals surface area contributed by atoms with Crippen LogP contribution < -0.4 is 20.5 Å². The quantitative estimate of drug-likeness (QED) is 0.849. The van der Waals surface area contributed by atoms with Gasteiger partial charge in [-0.3, -0.25) is 4.79 Å².